The highest BCUT2D eigenvalue weighted by Crippen LogP contribution is 2.25. The fourth-order valence-electron chi connectivity index (χ4n) is 3.47. The quantitative estimate of drug-likeness (QED) is 0.699. The van der Waals surface area contributed by atoms with Gasteiger partial charge in [0, 0.05) is 16.9 Å². The average molecular weight is 316 g/mol. The van der Waals surface area contributed by atoms with Crippen molar-refractivity contribution in [3.63, 3.8) is 0 Å². The first-order valence-electron chi connectivity index (χ1n) is 8.29. The summed E-state index contributed by atoms with van der Waals surface area (Å²) in [6.07, 6.45) is 4.61. The summed E-state index contributed by atoms with van der Waals surface area (Å²) in [5, 5.41) is 22.7. The molecule has 23 heavy (non-hydrogen) atoms. The Kier molecular flexibility index (Phi) is 4.68. The SMILES string of the molecule is C[C@H]1CCCC[C@H]1NC(=O)c1cc2cc(CO)c(CO)cc2[nH]1. The fourth-order valence-corrected chi connectivity index (χ4v) is 3.47. The smallest absolute Gasteiger partial charge is 0.267 e. The lowest BCUT2D eigenvalue weighted by Gasteiger charge is -2.29. The second-order valence-corrected chi connectivity index (χ2v) is 6.55. The largest absolute Gasteiger partial charge is 0.392 e. The van der Waals surface area contributed by atoms with Crippen molar-refractivity contribution < 1.29 is 15.0 Å². The number of fused-ring (bicyclic) bond motifs is 1. The lowest BCUT2D eigenvalue weighted by molar-refractivity contribution is 0.0906. The molecule has 1 fully saturated rings. The third-order valence-corrected chi connectivity index (χ3v) is 4.95. The molecule has 0 aliphatic heterocycles. The van der Waals surface area contributed by atoms with E-state index in [4.69, 9.17) is 0 Å². The predicted molar refractivity (Wildman–Crippen MR) is 89.0 cm³/mol. The Hall–Kier alpha value is -1.85. The Morgan fingerprint density at radius 3 is 2.57 bits per heavy atom. The lowest BCUT2D eigenvalue weighted by Crippen LogP contribution is -2.41. The van der Waals surface area contributed by atoms with E-state index in [0.29, 0.717) is 22.7 Å². The number of amides is 1. The van der Waals surface area contributed by atoms with E-state index in [-0.39, 0.29) is 25.2 Å². The Morgan fingerprint density at radius 2 is 1.87 bits per heavy atom. The van der Waals surface area contributed by atoms with Crippen LogP contribution in [0.3, 0.4) is 0 Å². The van der Waals surface area contributed by atoms with E-state index in [9.17, 15) is 15.0 Å². The number of hydrogen-bond acceptors (Lipinski definition) is 3. The van der Waals surface area contributed by atoms with Crippen LogP contribution in [0.5, 0.6) is 0 Å². The van der Waals surface area contributed by atoms with E-state index in [1.54, 1.807) is 12.1 Å². The minimum atomic E-state index is -0.133. The minimum absolute atomic E-state index is 0.0870. The first-order chi connectivity index (χ1) is 11.1. The van der Waals surface area contributed by atoms with Crippen molar-refractivity contribution in [2.45, 2.75) is 51.9 Å². The molecule has 1 saturated carbocycles. The molecule has 2 aromatic rings. The van der Waals surface area contributed by atoms with Crippen molar-refractivity contribution in [2.24, 2.45) is 5.92 Å². The molecular weight excluding hydrogens is 292 g/mol. The zero-order valence-corrected chi connectivity index (χ0v) is 13.4. The van der Waals surface area contributed by atoms with Crippen LogP contribution in [-0.4, -0.2) is 27.1 Å². The van der Waals surface area contributed by atoms with Crippen LogP contribution < -0.4 is 5.32 Å². The van der Waals surface area contributed by atoms with Crippen molar-refractivity contribution >= 4 is 16.8 Å². The second-order valence-electron chi connectivity index (χ2n) is 6.55. The predicted octanol–water partition coefficient (Wildman–Crippen LogP) is 2.46. The van der Waals surface area contributed by atoms with Gasteiger partial charge in [-0.15, -0.1) is 0 Å². The monoisotopic (exact) mass is 316 g/mol. The summed E-state index contributed by atoms with van der Waals surface area (Å²) in [7, 11) is 0. The van der Waals surface area contributed by atoms with Gasteiger partial charge in [-0.2, -0.15) is 0 Å². The number of aromatic nitrogens is 1. The Morgan fingerprint density at radius 1 is 1.17 bits per heavy atom. The third kappa shape index (κ3) is 3.26. The third-order valence-electron chi connectivity index (χ3n) is 4.95. The number of rotatable bonds is 4. The van der Waals surface area contributed by atoms with Crippen LogP contribution in [0, 0.1) is 5.92 Å². The van der Waals surface area contributed by atoms with Gasteiger partial charge in [-0.3, -0.25) is 4.79 Å². The van der Waals surface area contributed by atoms with Crippen LogP contribution in [-0.2, 0) is 13.2 Å². The van der Waals surface area contributed by atoms with Crippen LogP contribution in [0.15, 0.2) is 18.2 Å². The molecule has 1 aromatic heterocycles. The van der Waals surface area contributed by atoms with Crippen LogP contribution in [0.4, 0.5) is 0 Å². The van der Waals surface area contributed by atoms with E-state index < -0.39 is 0 Å². The Labute approximate surface area is 135 Å². The number of aliphatic hydroxyl groups is 2. The van der Waals surface area contributed by atoms with Crippen LogP contribution in [0.1, 0.15) is 54.2 Å². The fraction of sp³-hybridized carbons (Fsp3) is 0.500. The van der Waals surface area contributed by atoms with Gasteiger partial charge in [0.25, 0.3) is 5.91 Å². The maximum atomic E-state index is 12.5. The van der Waals surface area contributed by atoms with E-state index in [2.05, 4.69) is 17.2 Å². The van der Waals surface area contributed by atoms with Gasteiger partial charge < -0.3 is 20.5 Å². The molecule has 124 valence electrons. The number of carbonyl (C=O) groups is 1. The van der Waals surface area contributed by atoms with Crippen molar-refractivity contribution in [3.05, 3.63) is 35.0 Å². The molecule has 5 nitrogen and oxygen atoms in total. The summed E-state index contributed by atoms with van der Waals surface area (Å²) >= 11 is 0. The van der Waals surface area contributed by atoms with E-state index in [1.807, 2.05) is 6.07 Å². The molecule has 4 N–H and O–H groups in total. The number of benzene rings is 1. The highest BCUT2D eigenvalue weighted by molar-refractivity contribution is 5.98. The summed E-state index contributed by atoms with van der Waals surface area (Å²) in [4.78, 5) is 15.6. The molecule has 0 bridgehead atoms. The summed E-state index contributed by atoms with van der Waals surface area (Å²) in [6, 6.07) is 5.65. The highest BCUT2D eigenvalue weighted by atomic mass is 16.3. The number of carbonyl (C=O) groups excluding carboxylic acids is 1. The molecule has 1 aliphatic carbocycles. The maximum absolute atomic E-state index is 12.5. The van der Waals surface area contributed by atoms with Gasteiger partial charge in [-0.05, 0) is 48.1 Å². The molecule has 1 amide bonds. The molecule has 1 aliphatic rings. The molecule has 1 aromatic carbocycles. The van der Waals surface area contributed by atoms with Crippen LogP contribution in [0.2, 0.25) is 0 Å². The summed E-state index contributed by atoms with van der Waals surface area (Å²) in [5.41, 5.74) is 2.69. The number of H-pyrrole nitrogens is 1. The second kappa shape index (κ2) is 6.72. The topological polar surface area (TPSA) is 85.3 Å². The molecule has 0 unspecified atom stereocenters. The Bertz CT molecular complexity index is 667. The maximum Gasteiger partial charge on any atom is 0.267 e. The van der Waals surface area contributed by atoms with Crippen molar-refractivity contribution in [1.29, 1.82) is 0 Å². The van der Waals surface area contributed by atoms with Gasteiger partial charge in [-0.25, -0.2) is 0 Å². The zero-order chi connectivity index (χ0) is 16.4. The zero-order valence-electron chi connectivity index (χ0n) is 13.4. The summed E-state index contributed by atoms with van der Waals surface area (Å²) in [6.45, 7) is 1.93. The molecule has 0 radical (unpaired) electrons. The lowest BCUT2D eigenvalue weighted by atomic mass is 9.86. The van der Waals surface area contributed by atoms with E-state index >= 15 is 0 Å². The van der Waals surface area contributed by atoms with Gasteiger partial charge in [0.2, 0.25) is 0 Å². The van der Waals surface area contributed by atoms with Crippen LogP contribution in [0.25, 0.3) is 10.9 Å². The van der Waals surface area contributed by atoms with Gasteiger partial charge >= 0.3 is 0 Å². The first kappa shape index (κ1) is 16.0. The highest BCUT2D eigenvalue weighted by Gasteiger charge is 2.23. The normalized spacial score (nSPS) is 21.5. The first-order valence-corrected chi connectivity index (χ1v) is 8.29. The molecule has 0 spiro atoms. The van der Waals surface area contributed by atoms with E-state index in [0.717, 1.165) is 23.7 Å². The molecular formula is C18H24N2O3. The number of aromatic amines is 1. The minimum Gasteiger partial charge on any atom is -0.392 e. The number of hydrogen-bond donors (Lipinski definition) is 4. The summed E-state index contributed by atoms with van der Waals surface area (Å²) in [5.74, 6) is 0.426. The van der Waals surface area contributed by atoms with Gasteiger partial charge in [0.15, 0.2) is 0 Å². The molecule has 2 atom stereocenters. The van der Waals surface area contributed by atoms with Gasteiger partial charge in [0.1, 0.15) is 5.69 Å². The average Bonchev–Trinajstić information content (AvgIpc) is 2.98. The van der Waals surface area contributed by atoms with Crippen LogP contribution >= 0.6 is 0 Å². The summed E-state index contributed by atoms with van der Waals surface area (Å²) < 4.78 is 0. The van der Waals surface area contributed by atoms with E-state index in [1.165, 1.54) is 12.8 Å². The van der Waals surface area contributed by atoms with Crippen molar-refractivity contribution in [3.8, 4) is 0 Å². The molecule has 3 rings (SSSR count). The number of nitrogens with one attached hydrogen (secondary N) is 2. The number of aliphatic hydroxyl groups excluding tert-OH is 2. The van der Waals surface area contributed by atoms with Crippen molar-refractivity contribution in [2.75, 3.05) is 0 Å². The molecule has 5 heteroatoms. The molecule has 1 heterocycles. The van der Waals surface area contributed by atoms with Gasteiger partial charge in [0.05, 0.1) is 13.2 Å². The Balaban J connectivity index is 1.83. The van der Waals surface area contributed by atoms with Gasteiger partial charge in [-0.1, -0.05) is 19.8 Å². The standard InChI is InChI=1S/C18H24N2O3/c1-11-4-2-3-5-15(11)20-18(23)17-7-12-6-13(9-21)14(10-22)8-16(12)19-17/h6-8,11,15,19,21-22H,2-5,9-10H2,1H3,(H,20,23)/t11-,15+/m0/s1. The molecule has 0 saturated heterocycles. The van der Waals surface area contributed by atoms with Crippen molar-refractivity contribution in [1.82, 2.24) is 10.3 Å².